The van der Waals surface area contributed by atoms with E-state index in [0.29, 0.717) is 18.3 Å². The summed E-state index contributed by atoms with van der Waals surface area (Å²) in [6, 6.07) is 7.59. The first-order valence-electron chi connectivity index (χ1n) is 7.26. The van der Waals surface area contributed by atoms with E-state index >= 15 is 0 Å². The number of anilines is 2. The fourth-order valence-corrected chi connectivity index (χ4v) is 2.80. The van der Waals surface area contributed by atoms with E-state index in [-0.39, 0.29) is 18.2 Å². The highest BCUT2D eigenvalue weighted by Gasteiger charge is 2.37. The highest BCUT2D eigenvalue weighted by Crippen LogP contribution is 2.29. The number of carbonyl (C=O) groups is 2. The van der Waals surface area contributed by atoms with Crippen molar-refractivity contribution in [2.45, 2.75) is 6.42 Å². The summed E-state index contributed by atoms with van der Waals surface area (Å²) in [4.78, 5) is 32.9. The van der Waals surface area contributed by atoms with Gasteiger partial charge in [-0.05, 0) is 12.1 Å². The molecule has 2 amide bonds. The highest BCUT2D eigenvalue weighted by molar-refractivity contribution is 6.06. The van der Waals surface area contributed by atoms with Crippen LogP contribution >= 0.6 is 0 Å². The fraction of sp³-hybridized carbons (Fsp3) is 0.200. The number of nitrogens with one attached hydrogen (secondary N) is 3. The minimum Gasteiger partial charge on any atom is -0.331 e. The molecule has 1 fully saturated rings. The molecule has 1 atom stereocenters. The zero-order valence-corrected chi connectivity index (χ0v) is 12.1. The molecule has 0 bridgehead atoms. The second-order valence-electron chi connectivity index (χ2n) is 5.43. The molecule has 3 aromatic rings. The van der Waals surface area contributed by atoms with Crippen molar-refractivity contribution in [2.75, 3.05) is 16.8 Å². The SMILES string of the molecule is O=C(Nc1ncc[nH]1)[C@@H]1CC(=O)N(c2n[nH]c3ccccc23)C1. The third kappa shape index (κ3) is 2.33. The maximum atomic E-state index is 12.3. The molecule has 23 heavy (non-hydrogen) atoms. The van der Waals surface area contributed by atoms with Crippen molar-refractivity contribution < 1.29 is 9.59 Å². The number of aromatic amines is 2. The molecule has 116 valence electrons. The minimum atomic E-state index is -0.428. The van der Waals surface area contributed by atoms with Crippen LogP contribution in [0, 0.1) is 5.92 Å². The number of amides is 2. The molecule has 8 nitrogen and oxygen atoms in total. The molecule has 8 heteroatoms. The van der Waals surface area contributed by atoms with Gasteiger partial charge in [0.1, 0.15) is 0 Å². The number of rotatable bonds is 3. The van der Waals surface area contributed by atoms with Crippen LogP contribution in [0.5, 0.6) is 0 Å². The molecule has 4 rings (SSSR count). The molecular weight excluding hydrogens is 296 g/mol. The van der Waals surface area contributed by atoms with Crippen LogP contribution in [-0.2, 0) is 9.59 Å². The van der Waals surface area contributed by atoms with Gasteiger partial charge < -0.3 is 4.98 Å². The lowest BCUT2D eigenvalue weighted by Crippen LogP contribution is -2.28. The lowest BCUT2D eigenvalue weighted by atomic mass is 10.1. The van der Waals surface area contributed by atoms with Crippen molar-refractivity contribution in [3.05, 3.63) is 36.7 Å². The van der Waals surface area contributed by atoms with Crippen molar-refractivity contribution >= 4 is 34.5 Å². The molecule has 3 N–H and O–H groups in total. The van der Waals surface area contributed by atoms with Crippen LogP contribution in [0.15, 0.2) is 36.7 Å². The van der Waals surface area contributed by atoms with Crippen LogP contribution in [0.2, 0.25) is 0 Å². The molecule has 0 aliphatic carbocycles. The Morgan fingerprint density at radius 1 is 1.35 bits per heavy atom. The van der Waals surface area contributed by atoms with Gasteiger partial charge in [-0.3, -0.25) is 24.9 Å². The van der Waals surface area contributed by atoms with Crippen molar-refractivity contribution in [1.29, 1.82) is 0 Å². The summed E-state index contributed by atoms with van der Waals surface area (Å²) in [5.74, 6) is 0.186. The number of fused-ring (bicyclic) bond motifs is 1. The zero-order chi connectivity index (χ0) is 15.8. The van der Waals surface area contributed by atoms with Gasteiger partial charge in [0.15, 0.2) is 5.82 Å². The topological polar surface area (TPSA) is 107 Å². The monoisotopic (exact) mass is 310 g/mol. The number of hydrogen-bond acceptors (Lipinski definition) is 4. The molecular formula is C15H14N6O2. The normalized spacial score (nSPS) is 17.8. The largest absolute Gasteiger partial charge is 0.331 e. The molecule has 0 saturated carbocycles. The Kier molecular flexibility index (Phi) is 3.07. The predicted octanol–water partition coefficient (Wildman–Crippen LogP) is 1.28. The lowest BCUT2D eigenvalue weighted by Gasteiger charge is -2.13. The molecule has 3 heterocycles. The van der Waals surface area contributed by atoms with Crippen LogP contribution < -0.4 is 10.2 Å². The average molecular weight is 310 g/mol. The Morgan fingerprint density at radius 3 is 3.04 bits per heavy atom. The van der Waals surface area contributed by atoms with Gasteiger partial charge in [0.05, 0.1) is 11.4 Å². The maximum Gasteiger partial charge on any atom is 0.232 e. The van der Waals surface area contributed by atoms with Crippen molar-refractivity contribution in [1.82, 2.24) is 20.2 Å². The standard InChI is InChI=1S/C15H14N6O2/c22-12-7-9(14(23)18-15-16-5-6-17-15)8-21(12)13-10-3-1-2-4-11(10)19-20-13/h1-6,9H,7-8H2,(H,19,20)(H2,16,17,18,23)/t9-/m1/s1. The van der Waals surface area contributed by atoms with Gasteiger partial charge >= 0.3 is 0 Å². The minimum absolute atomic E-state index is 0.109. The van der Waals surface area contributed by atoms with E-state index in [2.05, 4.69) is 25.5 Å². The Balaban J connectivity index is 1.55. The van der Waals surface area contributed by atoms with Crippen molar-refractivity contribution in [2.24, 2.45) is 5.92 Å². The smallest absolute Gasteiger partial charge is 0.232 e. The van der Waals surface area contributed by atoms with Crippen LogP contribution in [-0.4, -0.2) is 38.5 Å². The van der Waals surface area contributed by atoms with Crippen molar-refractivity contribution in [3.63, 3.8) is 0 Å². The number of benzene rings is 1. The van der Waals surface area contributed by atoms with Crippen LogP contribution in [0.4, 0.5) is 11.8 Å². The maximum absolute atomic E-state index is 12.3. The van der Waals surface area contributed by atoms with E-state index in [9.17, 15) is 9.59 Å². The first-order chi connectivity index (χ1) is 11.2. The number of imidazole rings is 1. The molecule has 1 aromatic carbocycles. The third-order valence-electron chi connectivity index (χ3n) is 3.94. The molecule has 1 aliphatic heterocycles. The summed E-state index contributed by atoms with van der Waals surface area (Å²) in [5.41, 5.74) is 0.860. The van der Waals surface area contributed by atoms with Crippen LogP contribution in [0.1, 0.15) is 6.42 Å². The Bertz CT molecular complexity index is 869. The number of nitrogens with zero attached hydrogens (tertiary/aromatic N) is 3. The summed E-state index contributed by atoms with van der Waals surface area (Å²) in [5, 5.41) is 10.7. The number of hydrogen-bond donors (Lipinski definition) is 3. The molecule has 1 saturated heterocycles. The fourth-order valence-electron chi connectivity index (χ4n) is 2.80. The second-order valence-corrected chi connectivity index (χ2v) is 5.43. The number of aromatic nitrogens is 4. The van der Waals surface area contributed by atoms with Crippen molar-refractivity contribution in [3.8, 4) is 0 Å². The molecule has 2 aromatic heterocycles. The first kappa shape index (κ1) is 13.5. The Hall–Kier alpha value is -3.16. The van der Waals surface area contributed by atoms with E-state index in [4.69, 9.17) is 0 Å². The zero-order valence-electron chi connectivity index (χ0n) is 12.1. The number of carbonyl (C=O) groups excluding carboxylic acids is 2. The van der Waals surface area contributed by atoms with E-state index in [1.54, 1.807) is 17.3 Å². The number of para-hydroxylation sites is 1. The third-order valence-corrected chi connectivity index (χ3v) is 3.94. The Labute approximate surface area is 130 Å². The molecule has 0 spiro atoms. The summed E-state index contributed by atoms with van der Waals surface area (Å²) >= 11 is 0. The molecule has 1 aliphatic rings. The van der Waals surface area contributed by atoms with E-state index in [0.717, 1.165) is 10.9 Å². The van der Waals surface area contributed by atoms with Crippen LogP contribution in [0.25, 0.3) is 10.9 Å². The predicted molar refractivity (Wildman–Crippen MR) is 83.8 cm³/mol. The van der Waals surface area contributed by atoms with Crippen LogP contribution in [0.3, 0.4) is 0 Å². The highest BCUT2D eigenvalue weighted by atomic mass is 16.2. The first-order valence-corrected chi connectivity index (χ1v) is 7.26. The summed E-state index contributed by atoms with van der Waals surface area (Å²) in [6.45, 7) is 0.306. The van der Waals surface area contributed by atoms with Gasteiger partial charge in [0.25, 0.3) is 0 Å². The van der Waals surface area contributed by atoms with Gasteiger partial charge in [-0.25, -0.2) is 4.98 Å². The second kappa shape index (κ2) is 5.24. The quantitative estimate of drug-likeness (QED) is 0.677. The van der Waals surface area contributed by atoms with E-state index < -0.39 is 5.92 Å². The Morgan fingerprint density at radius 2 is 2.22 bits per heavy atom. The van der Waals surface area contributed by atoms with E-state index in [1.165, 1.54) is 0 Å². The summed E-state index contributed by atoms with van der Waals surface area (Å²) < 4.78 is 0. The average Bonchev–Trinajstić information content (AvgIpc) is 3.26. The molecule has 0 unspecified atom stereocenters. The lowest BCUT2D eigenvalue weighted by molar-refractivity contribution is -0.122. The van der Waals surface area contributed by atoms with Gasteiger partial charge in [-0.1, -0.05) is 12.1 Å². The molecule has 0 radical (unpaired) electrons. The van der Waals surface area contributed by atoms with Gasteiger partial charge in [-0.2, -0.15) is 5.10 Å². The van der Waals surface area contributed by atoms with Gasteiger partial charge in [0, 0.05) is 30.7 Å². The van der Waals surface area contributed by atoms with E-state index in [1.807, 2.05) is 24.3 Å². The number of H-pyrrole nitrogens is 2. The summed E-state index contributed by atoms with van der Waals surface area (Å²) in [7, 11) is 0. The van der Waals surface area contributed by atoms with Gasteiger partial charge in [-0.15, -0.1) is 0 Å². The van der Waals surface area contributed by atoms with Gasteiger partial charge in [0.2, 0.25) is 17.8 Å². The summed E-state index contributed by atoms with van der Waals surface area (Å²) in [6.07, 6.45) is 3.34.